The number of nitrogens with zero attached hydrogens (tertiary/aromatic N) is 3. The number of hydrogen-bond acceptors (Lipinski definition) is 5. The van der Waals surface area contributed by atoms with E-state index in [1.54, 1.807) is 11.1 Å². The first-order valence-electron chi connectivity index (χ1n) is 7.65. The summed E-state index contributed by atoms with van der Waals surface area (Å²) in [5, 5.41) is 12.2. The molecule has 0 aliphatic carbocycles. The molecule has 6 nitrogen and oxygen atoms in total. The Kier molecular flexibility index (Phi) is 8.48. The zero-order valence-corrected chi connectivity index (χ0v) is 13.1. The van der Waals surface area contributed by atoms with Crippen molar-refractivity contribution in [2.24, 2.45) is 0 Å². The molecule has 1 fully saturated rings. The number of nitriles is 1. The van der Waals surface area contributed by atoms with Gasteiger partial charge in [0.05, 0.1) is 13.2 Å². The normalized spacial score (nSPS) is 15.9. The lowest BCUT2D eigenvalue weighted by molar-refractivity contribution is -0.130. The van der Waals surface area contributed by atoms with Gasteiger partial charge in [-0.2, -0.15) is 5.26 Å². The van der Waals surface area contributed by atoms with E-state index in [0.29, 0.717) is 26.3 Å². The maximum absolute atomic E-state index is 12.1. The summed E-state index contributed by atoms with van der Waals surface area (Å²) in [5.41, 5.74) is 0.166. The summed E-state index contributed by atoms with van der Waals surface area (Å²) >= 11 is 0. The third-order valence-corrected chi connectivity index (χ3v) is 3.59. The van der Waals surface area contributed by atoms with Gasteiger partial charge >= 0.3 is 0 Å². The standard InChI is InChI=1S/C15H26N4O2/c1-3-18(4-2)7-5-6-17-13-14(12-16)15(20)19-8-10-21-11-9-19/h13,17H,3-11H2,1-2H3/b14-13-. The predicted molar refractivity (Wildman–Crippen MR) is 81.5 cm³/mol. The maximum Gasteiger partial charge on any atom is 0.266 e. The van der Waals surface area contributed by atoms with Gasteiger partial charge in [0.15, 0.2) is 0 Å². The second-order valence-electron chi connectivity index (χ2n) is 4.91. The number of hydrogen-bond donors (Lipinski definition) is 1. The minimum absolute atomic E-state index is 0.166. The molecule has 0 radical (unpaired) electrons. The quantitative estimate of drug-likeness (QED) is 0.403. The number of ether oxygens (including phenoxy) is 1. The first-order chi connectivity index (χ1) is 10.2. The van der Waals surface area contributed by atoms with Gasteiger partial charge in [-0.25, -0.2) is 0 Å². The van der Waals surface area contributed by atoms with Crippen LogP contribution < -0.4 is 5.32 Å². The molecule has 1 N–H and O–H groups in total. The summed E-state index contributed by atoms with van der Waals surface area (Å²) in [6.07, 6.45) is 2.53. The molecule has 1 amide bonds. The van der Waals surface area contributed by atoms with Gasteiger partial charge < -0.3 is 19.9 Å². The van der Waals surface area contributed by atoms with Crippen LogP contribution in [0.1, 0.15) is 20.3 Å². The van der Waals surface area contributed by atoms with Crippen molar-refractivity contribution in [2.45, 2.75) is 20.3 Å². The van der Waals surface area contributed by atoms with E-state index < -0.39 is 0 Å². The van der Waals surface area contributed by atoms with Gasteiger partial charge in [0.1, 0.15) is 11.6 Å². The van der Waals surface area contributed by atoms with E-state index in [2.05, 4.69) is 24.1 Å². The fourth-order valence-electron chi connectivity index (χ4n) is 2.20. The Morgan fingerprint density at radius 2 is 2.05 bits per heavy atom. The van der Waals surface area contributed by atoms with Crippen molar-refractivity contribution in [3.05, 3.63) is 11.8 Å². The molecule has 0 atom stereocenters. The number of amides is 1. The van der Waals surface area contributed by atoms with E-state index in [-0.39, 0.29) is 11.5 Å². The number of carbonyl (C=O) groups is 1. The number of carbonyl (C=O) groups excluding carboxylic acids is 1. The zero-order chi connectivity index (χ0) is 15.5. The topological polar surface area (TPSA) is 68.6 Å². The average molecular weight is 294 g/mol. The summed E-state index contributed by atoms with van der Waals surface area (Å²) in [4.78, 5) is 16.1. The van der Waals surface area contributed by atoms with Gasteiger partial charge in [-0.05, 0) is 26.1 Å². The molecule has 0 spiro atoms. The second-order valence-corrected chi connectivity index (χ2v) is 4.91. The molecule has 0 aromatic carbocycles. The molecule has 6 heteroatoms. The minimum Gasteiger partial charge on any atom is -0.390 e. The highest BCUT2D eigenvalue weighted by atomic mass is 16.5. The summed E-state index contributed by atoms with van der Waals surface area (Å²) < 4.78 is 5.20. The lowest BCUT2D eigenvalue weighted by Gasteiger charge is -2.26. The molecule has 21 heavy (non-hydrogen) atoms. The van der Waals surface area contributed by atoms with Crippen molar-refractivity contribution in [3.63, 3.8) is 0 Å². The van der Waals surface area contributed by atoms with Gasteiger partial charge in [-0.3, -0.25) is 4.79 Å². The third-order valence-electron chi connectivity index (χ3n) is 3.59. The molecule has 1 rings (SSSR count). The third kappa shape index (κ3) is 6.15. The Labute approximate surface area is 127 Å². The van der Waals surface area contributed by atoms with Crippen LogP contribution in [0.5, 0.6) is 0 Å². The summed E-state index contributed by atoms with van der Waals surface area (Å²) in [6, 6.07) is 1.98. The monoisotopic (exact) mass is 294 g/mol. The fourth-order valence-corrected chi connectivity index (χ4v) is 2.20. The molecular weight excluding hydrogens is 268 g/mol. The van der Waals surface area contributed by atoms with Crippen LogP contribution in [0.2, 0.25) is 0 Å². The van der Waals surface area contributed by atoms with Gasteiger partial charge in [0, 0.05) is 25.8 Å². The Morgan fingerprint density at radius 3 is 2.62 bits per heavy atom. The van der Waals surface area contributed by atoms with Crippen molar-refractivity contribution in [1.29, 1.82) is 5.26 Å². The first-order valence-corrected chi connectivity index (χ1v) is 7.65. The van der Waals surface area contributed by atoms with E-state index in [9.17, 15) is 4.79 Å². The van der Waals surface area contributed by atoms with Crippen molar-refractivity contribution >= 4 is 5.91 Å². The van der Waals surface area contributed by atoms with Gasteiger partial charge in [-0.1, -0.05) is 13.8 Å². The molecule has 0 bridgehead atoms. The van der Waals surface area contributed by atoms with Crippen molar-refractivity contribution in [1.82, 2.24) is 15.1 Å². The molecule has 1 aliphatic heterocycles. The number of morpholine rings is 1. The highest BCUT2D eigenvalue weighted by Gasteiger charge is 2.20. The van der Waals surface area contributed by atoms with E-state index >= 15 is 0 Å². The number of rotatable bonds is 8. The molecule has 0 saturated carbocycles. The molecule has 118 valence electrons. The average Bonchev–Trinajstić information content (AvgIpc) is 2.55. The van der Waals surface area contributed by atoms with Crippen LogP contribution in [0.25, 0.3) is 0 Å². The van der Waals surface area contributed by atoms with Crippen molar-refractivity contribution in [2.75, 3.05) is 52.5 Å². The molecule has 0 unspecified atom stereocenters. The minimum atomic E-state index is -0.211. The van der Waals surface area contributed by atoms with Crippen molar-refractivity contribution in [3.8, 4) is 6.07 Å². The smallest absolute Gasteiger partial charge is 0.266 e. The van der Waals surface area contributed by atoms with Crippen LogP contribution in [-0.2, 0) is 9.53 Å². The molecular formula is C15H26N4O2. The largest absolute Gasteiger partial charge is 0.390 e. The van der Waals surface area contributed by atoms with Crippen LogP contribution in [0.3, 0.4) is 0 Å². The Morgan fingerprint density at radius 1 is 1.38 bits per heavy atom. The van der Waals surface area contributed by atoms with Gasteiger partial charge in [-0.15, -0.1) is 0 Å². The zero-order valence-electron chi connectivity index (χ0n) is 13.1. The molecule has 1 heterocycles. The second kappa shape index (κ2) is 10.2. The molecule has 1 aliphatic rings. The Bertz CT molecular complexity index is 380. The fraction of sp³-hybridized carbons (Fsp3) is 0.733. The predicted octanol–water partition coefficient (Wildman–Crippen LogP) is 0.574. The SMILES string of the molecule is CCN(CC)CCCN/C=C(/C#N)C(=O)N1CCOCC1. The van der Waals surface area contributed by atoms with Crippen LogP contribution in [-0.4, -0.2) is 68.2 Å². The van der Waals surface area contributed by atoms with E-state index in [0.717, 1.165) is 32.6 Å². The van der Waals surface area contributed by atoms with Crippen LogP contribution in [0.15, 0.2) is 11.8 Å². The maximum atomic E-state index is 12.1. The molecule has 0 aromatic heterocycles. The molecule has 1 saturated heterocycles. The highest BCUT2D eigenvalue weighted by molar-refractivity contribution is 5.97. The van der Waals surface area contributed by atoms with E-state index in [1.165, 1.54) is 0 Å². The lowest BCUT2D eigenvalue weighted by Crippen LogP contribution is -2.41. The number of nitrogens with one attached hydrogen (secondary N) is 1. The lowest BCUT2D eigenvalue weighted by atomic mass is 10.2. The summed E-state index contributed by atoms with van der Waals surface area (Å²) in [7, 11) is 0. The summed E-state index contributed by atoms with van der Waals surface area (Å²) in [6.45, 7) is 10.4. The van der Waals surface area contributed by atoms with Gasteiger partial charge in [0.2, 0.25) is 0 Å². The molecule has 0 aromatic rings. The van der Waals surface area contributed by atoms with Crippen LogP contribution in [0, 0.1) is 11.3 Å². The Hall–Kier alpha value is -1.58. The van der Waals surface area contributed by atoms with Gasteiger partial charge in [0.25, 0.3) is 5.91 Å². The van der Waals surface area contributed by atoms with E-state index in [1.807, 2.05) is 6.07 Å². The van der Waals surface area contributed by atoms with Crippen LogP contribution in [0.4, 0.5) is 0 Å². The Balaban J connectivity index is 2.34. The van der Waals surface area contributed by atoms with Crippen molar-refractivity contribution < 1.29 is 9.53 Å². The van der Waals surface area contributed by atoms with E-state index in [4.69, 9.17) is 10.00 Å². The summed E-state index contributed by atoms with van der Waals surface area (Å²) in [5.74, 6) is -0.211. The van der Waals surface area contributed by atoms with Crippen LogP contribution >= 0.6 is 0 Å². The highest BCUT2D eigenvalue weighted by Crippen LogP contribution is 2.04. The first kappa shape index (κ1) is 17.5.